The van der Waals surface area contributed by atoms with E-state index in [0.717, 1.165) is 0 Å². The number of aliphatic imine (C=N–C) groups is 2. The molecule has 1 aliphatic heterocycles. The van der Waals surface area contributed by atoms with Crippen LogP contribution in [-0.4, -0.2) is 31.1 Å². The van der Waals surface area contributed by atoms with Crippen molar-refractivity contribution in [1.29, 1.82) is 0 Å². The van der Waals surface area contributed by atoms with E-state index in [1.54, 1.807) is 48.5 Å². The van der Waals surface area contributed by atoms with Gasteiger partial charge in [-0.05, 0) is 48.5 Å². The Hall–Kier alpha value is -2.69. The molecule has 4 aromatic rings. The Morgan fingerprint density at radius 3 is 1.49 bits per heavy atom. The lowest BCUT2D eigenvalue weighted by molar-refractivity contribution is 0.474. The Bertz CT molecular complexity index is 1650. The van der Waals surface area contributed by atoms with E-state index in [2.05, 4.69) is 41.8 Å². The van der Waals surface area contributed by atoms with Gasteiger partial charge < -0.3 is 10.2 Å². The van der Waals surface area contributed by atoms with Gasteiger partial charge in [0, 0.05) is 43.6 Å². The standard InChI is InChI=1S/C26H14Br2Cl2N2O4S/c27-15-5-13(25(33)21(29)7-15)11-31-17-1-3-19-20-4-2-18(10-24(20)37(35,36)23(19)9-17)32-12-14-6-16(28)8-22(30)26(14)34/h1-12,33-34H. The molecule has 5 rings (SSSR count). The van der Waals surface area contributed by atoms with Gasteiger partial charge in [-0.2, -0.15) is 0 Å². The number of hydrogen-bond donors (Lipinski definition) is 2. The molecule has 0 radical (unpaired) electrons. The van der Waals surface area contributed by atoms with Crippen LogP contribution in [0.15, 0.2) is 89.4 Å². The monoisotopic (exact) mass is 678 g/mol. The smallest absolute Gasteiger partial charge is 0.207 e. The third kappa shape index (κ3) is 4.94. The first-order valence-electron chi connectivity index (χ1n) is 10.5. The summed E-state index contributed by atoms with van der Waals surface area (Å²) in [7, 11) is -3.82. The normalized spacial score (nSPS) is 13.8. The highest BCUT2D eigenvalue weighted by Crippen LogP contribution is 2.46. The highest BCUT2D eigenvalue weighted by molar-refractivity contribution is 9.10. The van der Waals surface area contributed by atoms with E-state index in [0.29, 0.717) is 42.6 Å². The molecule has 37 heavy (non-hydrogen) atoms. The molecule has 0 amide bonds. The van der Waals surface area contributed by atoms with Gasteiger partial charge in [0.25, 0.3) is 0 Å². The van der Waals surface area contributed by atoms with Crippen molar-refractivity contribution in [2.24, 2.45) is 9.98 Å². The lowest BCUT2D eigenvalue weighted by Gasteiger charge is -2.03. The third-order valence-electron chi connectivity index (χ3n) is 5.62. The molecular formula is C26H14Br2Cl2N2O4S. The zero-order valence-electron chi connectivity index (χ0n) is 18.5. The van der Waals surface area contributed by atoms with Gasteiger partial charge in [0.15, 0.2) is 0 Å². The largest absolute Gasteiger partial charge is 0.506 e. The molecular weight excluding hydrogens is 667 g/mol. The van der Waals surface area contributed by atoms with E-state index in [4.69, 9.17) is 23.2 Å². The van der Waals surface area contributed by atoms with E-state index in [1.807, 2.05) is 0 Å². The zero-order chi connectivity index (χ0) is 26.5. The van der Waals surface area contributed by atoms with Crippen LogP contribution in [0.5, 0.6) is 11.5 Å². The highest BCUT2D eigenvalue weighted by Gasteiger charge is 2.33. The first-order valence-corrected chi connectivity index (χ1v) is 14.3. The van der Waals surface area contributed by atoms with Gasteiger partial charge in [-0.25, -0.2) is 8.42 Å². The lowest BCUT2D eigenvalue weighted by Crippen LogP contribution is -1.96. The first-order chi connectivity index (χ1) is 17.5. The highest BCUT2D eigenvalue weighted by atomic mass is 79.9. The number of halogens is 4. The van der Waals surface area contributed by atoms with Crippen molar-refractivity contribution in [3.63, 3.8) is 0 Å². The second kappa shape index (κ2) is 9.89. The molecule has 2 N–H and O–H groups in total. The van der Waals surface area contributed by atoms with Gasteiger partial charge in [-0.15, -0.1) is 0 Å². The Morgan fingerprint density at radius 1 is 0.676 bits per heavy atom. The number of phenolic OH excluding ortho intramolecular Hbond substituents is 2. The van der Waals surface area contributed by atoms with E-state index >= 15 is 0 Å². The van der Waals surface area contributed by atoms with Crippen molar-refractivity contribution in [3.8, 4) is 22.6 Å². The Balaban J connectivity index is 1.48. The summed E-state index contributed by atoms with van der Waals surface area (Å²) in [5.74, 6) is -0.248. The van der Waals surface area contributed by atoms with Crippen molar-refractivity contribution in [2.75, 3.05) is 0 Å². The van der Waals surface area contributed by atoms with Crippen molar-refractivity contribution < 1.29 is 18.6 Å². The molecule has 0 bridgehead atoms. The summed E-state index contributed by atoms with van der Waals surface area (Å²) in [5.41, 5.74) is 2.68. The molecule has 0 aromatic heterocycles. The summed E-state index contributed by atoms with van der Waals surface area (Å²) >= 11 is 18.7. The number of fused-ring (bicyclic) bond motifs is 3. The van der Waals surface area contributed by atoms with Crippen molar-refractivity contribution in [2.45, 2.75) is 9.79 Å². The number of phenols is 2. The zero-order valence-corrected chi connectivity index (χ0v) is 24.0. The van der Waals surface area contributed by atoms with Gasteiger partial charge in [0.1, 0.15) is 11.5 Å². The summed E-state index contributed by atoms with van der Waals surface area (Å²) in [4.78, 5) is 8.94. The number of sulfone groups is 1. The number of nitrogens with zero attached hydrogens (tertiary/aromatic N) is 2. The molecule has 1 heterocycles. The van der Waals surface area contributed by atoms with Crippen LogP contribution in [0.2, 0.25) is 10.0 Å². The molecule has 0 spiro atoms. The SMILES string of the molecule is O=S1(=O)c2cc(N=Cc3cc(Br)cc(Cl)c3O)ccc2-c2ccc(N=Cc3cc(Br)cc(Cl)c3O)cc21. The van der Waals surface area contributed by atoms with E-state index in [1.165, 1.54) is 24.6 Å². The minimum absolute atomic E-state index is 0.124. The van der Waals surface area contributed by atoms with Gasteiger partial charge in [-0.3, -0.25) is 9.98 Å². The number of benzene rings is 4. The second-order valence-corrected chi connectivity index (χ2v) is 12.6. The van der Waals surface area contributed by atoms with Gasteiger partial charge in [0.05, 0.1) is 31.2 Å². The van der Waals surface area contributed by atoms with Gasteiger partial charge in [0.2, 0.25) is 9.84 Å². The molecule has 11 heteroatoms. The average molecular weight is 681 g/mol. The van der Waals surface area contributed by atoms with Crippen LogP contribution in [0.25, 0.3) is 11.1 Å². The predicted molar refractivity (Wildman–Crippen MR) is 153 cm³/mol. The minimum atomic E-state index is -3.82. The Labute approximate surface area is 239 Å². The molecule has 1 aliphatic rings. The maximum absolute atomic E-state index is 13.4. The number of rotatable bonds is 4. The van der Waals surface area contributed by atoms with Crippen molar-refractivity contribution in [1.82, 2.24) is 0 Å². The number of aromatic hydroxyl groups is 2. The van der Waals surface area contributed by atoms with Crippen molar-refractivity contribution >= 4 is 88.7 Å². The fourth-order valence-corrected chi connectivity index (χ4v) is 7.24. The fraction of sp³-hybridized carbons (Fsp3) is 0. The minimum Gasteiger partial charge on any atom is -0.506 e. The van der Waals surface area contributed by atoms with Crippen LogP contribution in [-0.2, 0) is 9.84 Å². The summed E-state index contributed by atoms with van der Waals surface area (Å²) in [6, 6.07) is 16.2. The predicted octanol–water partition coefficient (Wildman–Crippen LogP) is 8.24. The van der Waals surface area contributed by atoms with E-state index in [-0.39, 0.29) is 31.3 Å². The molecule has 0 aliphatic carbocycles. The molecule has 0 atom stereocenters. The van der Waals surface area contributed by atoms with Crippen LogP contribution >= 0.6 is 55.1 Å². The molecule has 0 fully saturated rings. The molecule has 186 valence electrons. The summed E-state index contributed by atoms with van der Waals surface area (Å²) in [6.45, 7) is 0. The molecule has 0 saturated carbocycles. The Kier molecular flexibility index (Phi) is 6.93. The quantitative estimate of drug-likeness (QED) is 0.187. The first kappa shape index (κ1) is 25.9. The topological polar surface area (TPSA) is 99.3 Å². The maximum Gasteiger partial charge on any atom is 0.207 e. The van der Waals surface area contributed by atoms with Crippen LogP contribution in [0.3, 0.4) is 0 Å². The molecule has 0 unspecified atom stereocenters. The Morgan fingerprint density at radius 2 is 1.08 bits per heavy atom. The molecule has 4 aromatic carbocycles. The van der Waals surface area contributed by atoms with Crippen LogP contribution < -0.4 is 0 Å². The van der Waals surface area contributed by atoms with Gasteiger partial charge >= 0.3 is 0 Å². The average Bonchev–Trinajstić information content (AvgIpc) is 3.07. The molecule has 0 saturated heterocycles. The fourth-order valence-electron chi connectivity index (χ4n) is 3.85. The van der Waals surface area contributed by atoms with Crippen LogP contribution in [0.4, 0.5) is 11.4 Å². The summed E-state index contributed by atoms with van der Waals surface area (Å²) < 4.78 is 28.1. The van der Waals surface area contributed by atoms with E-state index in [9.17, 15) is 18.6 Å². The van der Waals surface area contributed by atoms with Crippen LogP contribution in [0.1, 0.15) is 11.1 Å². The van der Waals surface area contributed by atoms with Gasteiger partial charge in [-0.1, -0.05) is 67.2 Å². The van der Waals surface area contributed by atoms with E-state index < -0.39 is 9.84 Å². The maximum atomic E-state index is 13.4. The lowest BCUT2D eigenvalue weighted by atomic mass is 10.1. The number of hydrogen-bond acceptors (Lipinski definition) is 6. The molecule has 6 nitrogen and oxygen atoms in total. The summed E-state index contributed by atoms with van der Waals surface area (Å²) in [6.07, 6.45) is 2.83. The van der Waals surface area contributed by atoms with Crippen molar-refractivity contribution in [3.05, 3.63) is 90.8 Å². The second-order valence-electron chi connectivity index (χ2n) is 8.03. The summed E-state index contributed by atoms with van der Waals surface area (Å²) in [5, 5.41) is 20.7. The third-order valence-corrected chi connectivity index (χ3v) is 8.95. The van der Waals surface area contributed by atoms with Crippen LogP contribution in [0, 0.1) is 0 Å².